The second-order valence-electron chi connectivity index (χ2n) is 16.1. The second kappa shape index (κ2) is 20.8. The molecule has 0 bridgehead atoms. The number of nitrogens with zero attached hydrogens (tertiary/aromatic N) is 2. The van der Waals surface area contributed by atoms with Gasteiger partial charge in [-0.3, -0.25) is 33.6 Å². The summed E-state index contributed by atoms with van der Waals surface area (Å²) < 4.78 is 4.70. The zero-order valence-electron chi connectivity index (χ0n) is 33.9. The number of phenolic OH excluding ortho intramolecular Hbond substituents is 1. The van der Waals surface area contributed by atoms with Crippen LogP contribution in [0.1, 0.15) is 85.6 Å². The number of carboxylic acids is 1. The minimum atomic E-state index is -1.17. The summed E-state index contributed by atoms with van der Waals surface area (Å²) in [7, 11) is 1.18. The van der Waals surface area contributed by atoms with Crippen LogP contribution in [0, 0.1) is 5.92 Å². The van der Waals surface area contributed by atoms with Crippen molar-refractivity contribution in [3.05, 3.63) is 29.8 Å². The average molecular weight is 802 g/mol. The predicted molar refractivity (Wildman–Crippen MR) is 206 cm³/mol. The van der Waals surface area contributed by atoms with Gasteiger partial charge >= 0.3 is 11.9 Å². The summed E-state index contributed by atoms with van der Waals surface area (Å²) in [5, 5.41) is 32.7. The third-order valence-corrected chi connectivity index (χ3v) is 9.65. The number of rotatable bonds is 18. The Bertz CT molecular complexity index is 1630. The van der Waals surface area contributed by atoms with Gasteiger partial charge in [0.1, 0.15) is 36.0 Å². The first kappa shape index (κ1) is 46.1. The molecule has 18 heteroatoms. The lowest BCUT2D eigenvalue weighted by molar-refractivity contribution is -0.145. The van der Waals surface area contributed by atoms with Crippen molar-refractivity contribution in [2.75, 3.05) is 26.7 Å². The van der Waals surface area contributed by atoms with Gasteiger partial charge in [0.2, 0.25) is 35.4 Å². The normalized spacial score (nSPS) is 18.9. The van der Waals surface area contributed by atoms with Crippen LogP contribution in [0.4, 0.5) is 0 Å². The Labute approximate surface area is 333 Å². The van der Waals surface area contributed by atoms with Gasteiger partial charge < -0.3 is 51.3 Å². The number of carboxylic acid groups (broad SMARTS) is 1. The van der Waals surface area contributed by atoms with Gasteiger partial charge in [0.25, 0.3) is 0 Å². The second-order valence-corrected chi connectivity index (χ2v) is 16.1. The number of phenols is 1. The number of likely N-dealkylation sites (tertiary alicyclic amines) is 2. The number of methoxy groups -OCH3 is 1. The fraction of sp³-hybridized carbons (Fsp3) is 0.641. The Hall–Kier alpha value is -5.26. The van der Waals surface area contributed by atoms with Gasteiger partial charge in [-0.15, -0.1) is 0 Å². The number of carbonyl (C=O) groups is 8. The number of amides is 6. The van der Waals surface area contributed by atoms with Crippen LogP contribution >= 0.6 is 0 Å². The van der Waals surface area contributed by atoms with E-state index in [1.165, 1.54) is 36.0 Å². The van der Waals surface area contributed by atoms with E-state index in [0.29, 0.717) is 24.8 Å². The monoisotopic (exact) mass is 801 g/mol. The molecule has 2 fully saturated rings. The molecule has 2 saturated heterocycles. The molecule has 0 unspecified atom stereocenters. The number of aliphatic carboxylic acids is 1. The fourth-order valence-electron chi connectivity index (χ4n) is 7.02. The van der Waals surface area contributed by atoms with Crippen molar-refractivity contribution in [3.8, 4) is 5.75 Å². The summed E-state index contributed by atoms with van der Waals surface area (Å²) in [6.45, 7) is 10.5. The van der Waals surface area contributed by atoms with Crippen LogP contribution in [0.2, 0.25) is 0 Å². The summed E-state index contributed by atoms with van der Waals surface area (Å²) in [5.41, 5.74) is 0.0326. The van der Waals surface area contributed by atoms with Crippen molar-refractivity contribution in [2.24, 2.45) is 5.92 Å². The summed E-state index contributed by atoms with van der Waals surface area (Å²) in [4.78, 5) is 107. The summed E-state index contributed by atoms with van der Waals surface area (Å²) in [5.74, 6) is -5.46. The van der Waals surface area contributed by atoms with Crippen molar-refractivity contribution < 1.29 is 53.3 Å². The molecule has 316 valence electrons. The topological polar surface area (TPSA) is 253 Å². The van der Waals surface area contributed by atoms with Gasteiger partial charge in [0.15, 0.2) is 0 Å². The first-order valence-corrected chi connectivity index (χ1v) is 19.3. The first-order valence-electron chi connectivity index (χ1n) is 19.3. The number of esters is 1. The summed E-state index contributed by atoms with van der Waals surface area (Å²) >= 11 is 0. The highest BCUT2D eigenvalue weighted by Gasteiger charge is 2.41. The third kappa shape index (κ3) is 14.0. The summed E-state index contributed by atoms with van der Waals surface area (Å²) in [6.07, 6.45) is 1.35. The van der Waals surface area contributed by atoms with Gasteiger partial charge in [0.05, 0.1) is 26.1 Å². The molecule has 2 heterocycles. The molecule has 0 radical (unpaired) electrons. The molecule has 18 nitrogen and oxygen atoms in total. The minimum absolute atomic E-state index is 0.00760. The van der Waals surface area contributed by atoms with E-state index < -0.39 is 102 Å². The lowest BCUT2D eigenvalue weighted by atomic mass is 10.0. The standard InChI is InChI=1S/C39H59N7O11/c1-22(2)18-27(42-31(48)21-40-34(52)29-10-8-16-45(29)37(55)28(20-32(49)50)44-39(4,5)6)36(54)46-17-9-11-30(46)35(53)43-26(19-24-12-14-25(47)15-13-24)33(51)41-23(3)38(56)57-7/h12-15,22-23,26-30,44,47H,8-11,16-21H2,1-7H3,(H,40,52)(H,41,51)(H,42,48)(H,43,53)(H,49,50)/t23-,26-,27-,28-,29-,30-/m0/s1. The highest BCUT2D eigenvalue weighted by molar-refractivity contribution is 5.97. The fourth-order valence-corrected chi connectivity index (χ4v) is 7.02. The molecule has 7 N–H and O–H groups in total. The highest BCUT2D eigenvalue weighted by Crippen LogP contribution is 2.22. The van der Waals surface area contributed by atoms with E-state index in [2.05, 4.69) is 26.6 Å². The van der Waals surface area contributed by atoms with Crippen molar-refractivity contribution in [1.29, 1.82) is 0 Å². The highest BCUT2D eigenvalue weighted by atomic mass is 16.5. The molecule has 0 saturated carbocycles. The van der Waals surface area contributed by atoms with Crippen LogP contribution in [-0.4, -0.2) is 136 Å². The molecular weight excluding hydrogens is 742 g/mol. The molecule has 1 aromatic carbocycles. The van der Waals surface area contributed by atoms with Crippen LogP contribution in [0.25, 0.3) is 0 Å². The zero-order chi connectivity index (χ0) is 42.6. The molecule has 0 aliphatic carbocycles. The van der Waals surface area contributed by atoms with E-state index >= 15 is 0 Å². The molecule has 0 spiro atoms. The van der Waals surface area contributed by atoms with Crippen molar-refractivity contribution in [1.82, 2.24) is 36.4 Å². The molecule has 0 aromatic heterocycles. The van der Waals surface area contributed by atoms with E-state index in [1.807, 2.05) is 13.8 Å². The number of hydrogen-bond acceptors (Lipinski definition) is 11. The molecule has 57 heavy (non-hydrogen) atoms. The van der Waals surface area contributed by atoms with E-state index in [-0.39, 0.29) is 44.0 Å². The lowest BCUT2D eigenvalue weighted by Gasteiger charge is -2.32. The lowest BCUT2D eigenvalue weighted by Crippen LogP contribution is -2.58. The van der Waals surface area contributed by atoms with E-state index in [9.17, 15) is 48.6 Å². The SMILES string of the molecule is COC(=O)[C@H](C)NC(=O)[C@H](Cc1ccc(O)cc1)NC(=O)[C@@H]1CCCN1C(=O)[C@H](CC(C)C)NC(=O)CNC(=O)[C@@H]1CCCN1C(=O)[C@H](CC(=O)O)NC(C)(C)C. The van der Waals surface area contributed by atoms with Gasteiger partial charge in [0, 0.05) is 25.0 Å². The maximum Gasteiger partial charge on any atom is 0.328 e. The Balaban J connectivity index is 1.69. The molecule has 3 rings (SSSR count). The molecule has 2 aliphatic heterocycles. The predicted octanol–water partition coefficient (Wildman–Crippen LogP) is -0.0423. The summed E-state index contributed by atoms with van der Waals surface area (Å²) in [6, 6.07) is -0.119. The largest absolute Gasteiger partial charge is 0.508 e. The Kier molecular flexibility index (Phi) is 16.8. The molecule has 6 amide bonds. The molecule has 6 atom stereocenters. The van der Waals surface area contributed by atoms with Crippen LogP contribution in [0.15, 0.2) is 24.3 Å². The Morgan fingerprint density at radius 1 is 0.807 bits per heavy atom. The van der Waals surface area contributed by atoms with E-state index in [4.69, 9.17) is 4.74 Å². The number of nitrogens with one attached hydrogen (secondary N) is 5. The van der Waals surface area contributed by atoms with Gasteiger partial charge in [-0.1, -0.05) is 26.0 Å². The van der Waals surface area contributed by atoms with Crippen LogP contribution in [0.5, 0.6) is 5.75 Å². The smallest absolute Gasteiger partial charge is 0.328 e. The van der Waals surface area contributed by atoms with Gasteiger partial charge in [-0.2, -0.15) is 0 Å². The Morgan fingerprint density at radius 3 is 1.89 bits per heavy atom. The Morgan fingerprint density at radius 2 is 1.37 bits per heavy atom. The maximum absolute atomic E-state index is 14.0. The van der Waals surface area contributed by atoms with Crippen molar-refractivity contribution in [3.63, 3.8) is 0 Å². The molecule has 1 aromatic rings. The van der Waals surface area contributed by atoms with Crippen LogP contribution < -0.4 is 26.6 Å². The number of hydrogen-bond donors (Lipinski definition) is 7. The van der Waals surface area contributed by atoms with E-state index in [0.717, 1.165) is 0 Å². The third-order valence-electron chi connectivity index (χ3n) is 9.65. The van der Waals surface area contributed by atoms with Crippen LogP contribution in [-0.2, 0) is 49.5 Å². The first-order chi connectivity index (χ1) is 26.7. The quantitative estimate of drug-likeness (QED) is 0.0967. The van der Waals surface area contributed by atoms with Crippen LogP contribution in [0.3, 0.4) is 0 Å². The number of aromatic hydroxyl groups is 1. The van der Waals surface area contributed by atoms with Crippen molar-refractivity contribution in [2.45, 2.75) is 128 Å². The number of ether oxygens (including phenoxy) is 1. The minimum Gasteiger partial charge on any atom is -0.508 e. The van der Waals surface area contributed by atoms with Gasteiger partial charge in [-0.05, 0) is 83.4 Å². The van der Waals surface area contributed by atoms with Crippen molar-refractivity contribution >= 4 is 47.4 Å². The average Bonchev–Trinajstić information content (AvgIpc) is 3.83. The van der Waals surface area contributed by atoms with Gasteiger partial charge in [-0.25, -0.2) is 4.79 Å². The number of carbonyl (C=O) groups excluding carboxylic acids is 7. The zero-order valence-corrected chi connectivity index (χ0v) is 33.9. The molecular formula is C39H59N7O11. The maximum atomic E-state index is 14.0. The van der Waals surface area contributed by atoms with E-state index in [1.54, 1.807) is 32.9 Å². The number of benzene rings is 1. The molecule has 2 aliphatic rings.